The number of carbonyl (C=O) groups excluding carboxylic acids is 2. The largest absolute Gasteiger partial charge is 0.507 e. The molecule has 2 fully saturated rings. The van der Waals surface area contributed by atoms with Crippen LogP contribution in [-0.2, 0) is 14.3 Å². The van der Waals surface area contributed by atoms with E-state index in [9.17, 15) is 19.1 Å². The van der Waals surface area contributed by atoms with Gasteiger partial charge >= 0.3 is 0 Å². The maximum absolute atomic E-state index is 14.1. The van der Waals surface area contributed by atoms with Gasteiger partial charge in [0.1, 0.15) is 17.4 Å². The lowest BCUT2D eigenvalue weighted by Gasteiger charge is -2.31. The number of halogens is 1. The molecule has 1 amide bonds. The number of aromatic nitrogens is 2. The average molecular weight is 440 g/mol. The summed E-state index contributed by atoms with van der Waals surface area (Å²) < 4.78 is 19.4. The van der Waals surface area contributed by atoms with Crippen molar-refractivity contribution in [2.45, 2.75) is 19.9 Å². The quantitative estimate of drug-likeness (QED) is 0.432. The van der Waals surface area contributed by atoms with Crippen LogP contribution < -0.4 is 0 Å². The molecule has 0 saturated carbocycles. The third kappa shape index (κ3) is 4.26. The maximum Gasteiger partial charge on any atom is 0.295 e. The molecular formula is C23H25FN4O4. The SMILES string of the molecule is Cc1ncc(/C(O)=C2\C(=O)C(=O)N(CCN3CCOCC3)[C@H]2c2cccc(F)c2)c(C)n1. The van der Waals surface area contributed by atoms with Gasteiger partial charge in [0.15, 0.2) is 0 Å². The molecule has 8 nitrogen and oxygen atoms in total. The topological polar surface area (TPSA) is 95.9 Å². The van der Waals surface area contributed by atoms with Crippen LogP contribution in [-0.4, -0.2) is 76.0 Å². The van der Waals surface area contributed by atoms with Gasteiger partial charge in [-0.15, -0.1) is 0 Å². The van der Waals surface area contributed by atoms with Gasteiger partial charge in [0.25, 0.3) is 11.7 Å². The zero-order valence-corrected chi connectivity index (χ0v) is 18.0. The van der Waals surface area contributed by atoms with Crippen LogP contribution in [0.1, 0.15) is 28.7 Å². The number of aliphatic hydroxyl groups excluding tert-OH is 1. The van der Waals surface area contributed by atoms with Gasteiger partial charge < -0.3 is 14.7 Å². The van der Waals surface area contributed by atoms with Crippen molar-refractivity contribution in [1.82, 2.24) is 19.8 Å². The van der Waals surface area contributed by atoms with Crippen LogP contribution >= 0.6 is 0 Å². The molecular weight excluding hydrogens is 415 g/mol. The van der Waals surface area contributed by atoms with Gasteiger partial charge in [-0.05, 0) is 31.5 Å². The highest BCUT2D eigenvalue weighted by Crippen LogP contribution is 2.39. The molecule has 1 aromatic heterocycles. The molecule has 2 aromatic rings. The monoisotopic (exact) mass is 440 g/mol. The first-order valence-electron chi connectivity index (χ1n) is 10.5. The minimum Gasteiger partial charge on any atom is -0.507 e. The van der Waals surface area contributed by atoms with Gasteiger partial charge in [0.2, 0.25) is 0 Å². The van der Waals surface area contributed by atoms with E-state index in [0.29, 0.717) is 36.8 Å². The Morgan fingerprint density at radius 2 is 1.97 bits per heavy atom. The highest BCUT2D eigenvalue weighted by atomic mass is 19.1. The van der Waals surface area contributed by atoms with Crippen molar-refractivity contribution in [1.29, 1.82) is 0 Å². The Balaban J connectivity index is 1.77. The van der Waals surface area contributed by atoms with E-state index in [0.717, 1.165) is 13.1 Å². The van der Waals surface area contributed by atoms with Crippen molar-refractivity contribution in [3.8, 4) is 0 Å². The highest BCUT2D eigenvalue weighted by molar-refractivity contribution is 6.46. The fourth-order valence-electron chi connectivity index (χ4n) is 4.17. The van der Waals surface area contributed by atoms with Crippen LogP contribution in [0.15, 0.2) is 36.0 Å². The number of amides is 1. The number of Topliss-reactive ketones (excluding diaryl/α,β-unsaturated/α-hetero) is 1. The summed E-state index contributed by atoms with van der Waals surface area (Å²) in [5.74, 6) is -1.86. The summed E-state index contributed by atoms with van der Waals surface area (Å²) in [6.45, 7) is 6.88. The van der Waals surface area contributed by atoms with Gasteiger partial charge in [-0.1, -0.05) is 12.1 Å². The number of nitrogens with zero attached hydrogens (tertiary/aromatic N) is 4. The smallest absolute Gasteiger partial charge is 0.295 e. The first-order chi connectivity index (χ1) is 15.4. The van der Waals surface area contributed by atoms with Crippen molar-refractivity contribution >= 4 is 17.4 Å². The summed E-state index contributed by atoms with van der Waals surface area (Å²) in [6.07, 6.45) is 1.43. The molecule has 2 saturated heterocycles. The molecule has 2 aliphatic heterocycles. The van der Waals surface area contributed by atoms with E-state index in [1.165, 1.54) is 29.3 Å². The van der Waals surface area contributed by atoms with E-state index in [1.807, 2.05) is 0 Å². The lowest BCUT2D eigenvalue weighted by Crippen LogP contribution is -2.42. The fourth-order valence-corrected chi connectivity index (χ4v) is 4.17. The Bertz CT molecular complexity index is 1080. The van der Waals surface area contributed by atoms with Crippen LogP contribution in [0.4, 0.5) is 4.39 Å². The Hall–Kier alpha value is -3.17. The molecule has 1 atom stereocenters. The predicted molar refractivity (Wildman–Crippen MR) is 114 cm³/mol. The number of carbonyl (C=O) groups is 2. The Morgan fingerprint density at radius 1 is 1.22 bits per heavy atom. The van der Waals surface area contributed by atoms with Crippen LogP contribution in [0.3, 0.4) is 0 Å². The predicted octanol–water partition coefficient (Wildman–Crippen LogP) is 1.99. The Labute approximate surface area is 185 Å². The second kappa shape index (κ2) is 9.13. The summed E-state index contributed by atoms with van der Waals surface area (Å²) in [7, 11) is 0. The lowest BCUT2D eigenvalue weighted by molar-refractivity contribution is -0.140. The molecule has 3 heterocycles. The Kier molecular flexibility index (Phi) is 6.29. The lowest BCUT2D eigenvalue weighted by atomic mass is 9.95. The number of benzene rings is 1. The van der Waals surface area contributed by atoms with E-state index in [-0.39, 0.29) is 23.4 Å². The number of aryl methyl sites for hydroxylation is 2. The zero-order chi connectivity index (χ0) is 22.8. The molecule has 2 aliphatic rings. The third-order valence-corrected chi connectivity index (χ3v) is 5.82. The van der Waals surface area contributed by atoms with Gasteiger partial charge in [-0.3, -0.25) is 14.5 Å². The summed E-state index contributed by atoms with van der Waals surface area (Å²) in [5.41, 5.74) is 1.08. The van der Waals surface area contributed by atoms with E-state index in [4.69, 9.17) is 4.74 Å². The molecule has 168 valence electrons. The number of ether oxygens (including phenoxy) is 1. The molecule has 9 heteroatoms. The minimum absolute atomic E-state index is 0.0851. The van der Waals surface area contributed by atoms with E-state index < -0.39 is 23.5 Å². The second-order valence-corrected chi connectivity index (χ2v) is 7.92. The summed E-state index contributed by atoms with van der Waals surface area (Å²) >= 11 is 0. The van der Waals surface area contributed by atoms with Gasteiger partial charge in [-0.2, -0.15) is 0 Å². The molecule has 1 N–H and O–H groups in total. The van der Waals surface area contributed by atoms with Crippen LogP contribution in [0.2, 0.25) is 0 Å². The van der Waals surface area contributed by atoms with E-state index in [2.05, 4.69) is 14.9 Å². The van der Waals surface area contributed by atoms with E-state index in [1.54, 1.807) is 19.9 Å². The van der Waals surface area contributed by atoms with Crippen LogP contribution in [0, 0.1) is 19.7 Å². The average Bonchev–Trinajstić information content (AvgIpc) is 3.03. The first-order valence-corrected chi connectivity index (χ1v) is 10.5. The molecule has 32 heavy (non-hydrogen) atoms. The number of morpholine rings is 1. The number of rotatable bonds is 5. The summed E-state index contributed by atoms with van der Waals surface area (Å²) in [5, 5.41) is 11.1. The molecule has 0 bridgehead atoms. The van der Waals surface area contributed by atoms with Crippen molar-refractivity contribution in [3.05, 3.63) is 64.5 Å². The number of hydrogen-bond donors (Lipinski definition) is 1. The zero-order valence-electron chi connectivity index (χ0n) is 18.0. The summed E-state index contributed by atoms with van der Waals surface area (Å²) in [6, 6.07) is 4.83. The first kappa shape index (κ1) is 22.0. The maximum atomic E-state index is 14.1. The molecule has 0 unspecified atom stereocenters. The van der Waals surface area contributed by atoms with E-state index >= 15 is 0 Å². The van der Waals surface area contributed by atoms with Crippen molar-refractivity contribution < 1.29 is 23.8 Å². The van der Waals surface area contributed by atoms with Crippen LogP contribution in [0.25, 0.3) is 5.76 Å². The van der Waals surface area contributed by atoms with Crippen molar-refractivity contribution in [3.63, 3.8) is 0 Å². The molecule has 0 spiro atoms. The standard InChI is InChI=1S/C23H25FN4O4/c1-14-18(13-25-15(2)26-14)21(29)19-20(16-4-3-5-17(24)12-16)28(23(31)22(19)30)7-6-27-8-10-32-11-9-27/h3-5,12-13,20,29H,6-11H2,1-2H3/b21-19+/t20-/m0/s1. The van der Waals surface area contributed by atoms with Crippen molar-refractivity contribution in [2.75, 3.05) is 39.4 Å². The van der Waals surface area contributed by atoms with Gasteiger partial charge in [0.05, 0.1) is 36.1 Å². The fraction of sp³-hybridized carbons (Fsp3) is 0.391. The number of ketones is 1. The number of likely N-dealkylation sites (tertiary alicyclic amines) is 1. The molecule has 0 aliphatic carbocycles. The molecule has 4 rings (SSSR count). The second-order valence-electron chi connectivity index (χ2n) is 7.92. The molecule has 1 aromatic carbocycles. The Morgan fingerprint density at radius 3 is 2.66 bits per heavy atom. The summed E-state index contributed by atoms with van der Waals surface area (Å²) in [4.78, 5) is 37.9. The minimum atomic E-state index is -0.910. The van der Waals surface area contributed by atoms with Gasteiger partial charge in [-0.25, -0.2) is 14.4 Å². The number of aliphatic hydroxyl groups is 1. The molecule has 0 radical (unpaired) electrons. The normalized spacial score (nSPS) is 21.3. The third-order valence-electron chi connectivity index (χ3n) is 5.82. The van der Waals surface area contributed by atoms with Gasteiger partial charge in [0, 0.05) is 32.4 Å². The highest BCUT2D eigenvalue weighted by Gasteiger charge is 2.46. The van der Waals surface area contributed by atoms with Crippen molar-refractivity contribution in [2.24, 2.45) is 0 Å². The number of hydrogen-bond acceptors (Lipinski definition) is 7. The van der Waals surface area contributed by atoms with Crippen LogP contribution in [0.5, 0.6) is 0 Å².